The highest BCUT2D eigenvalue weighted by Crippen LogP contribution is 2.18. The van der Waals surface area contributed by atoms with Gasteiger partial charge in [-0.05, 0) is 17.7 Å². The molecule has 1 rings (SSSR count). The van der Waals surface area contributed by atoms with Crippen molar-refractivity contribution in [3.63, 3.8) is 0 Å². The van der Waals surface area contributed by atoms with E-state index in [2.05, 4.69) is 5.32 Å². The van der Waals surface area contributed by atoms with Crippen LogP contribution in [0.4, 0.5) is 5.69 Å². The largest absolute Gasteiger partial charge is 0.399 e. The third-order valence-corrected chi connectivity index (χ3v) is 2.78. The Bertz CT molecular complexity index is 401. The third kappa shape index (κ3) is 5.42. The van der Waals surface area contributed by atoms with E-state index in [-0.39, 0.29) is 12.4 Å². The van der Waals surface area contributed by atoms with Crippen molar-refractivity contribution in [3.05, 3.63) is 29.8 Å². The molecule has 2 atom stereocenters. The van der Waals surface area contributed by atoms with Crippen molar-refractivity contribution >= 4 is 47.2 Å². The molecule has 1 amide bonds. The van der Waals surface area contributed by atoms with Gasteiger partial charge in [0.15, 0.2) is 4.84 Å². The quantitative estimate of drug-likeness (QED) is 0.479. The first kappa shape index (κ1) is 18.3. The van der Waals surface area contributed by atoms with Crippen LogP contribution in [0, 0.1) is 0 Å². The highest BCUT2D eigenvalue weighted by Gasteiger charge is 2.24. The van der Waals surface area contributed by atoms with Crippen molar-refractivity contribution in [2.75, 3.05) is 12.3 Å². The topological polar surface area (TPSA) is 95.6 Å². The lowest BCUT2D eigenvalue weighted by Gasteiger charge is -2.22. The molecule has 0 aromatic heterocycles. The molecule has 0 unspecified atom stereocenters. The lowest BCUT2D eigenvalue weighted by atomic mass is 10.0. The number of anilines is 1. The van der Waals surface area contributed by atoms with Crippen LogP contribution in [0.1, 0.15) is 11.7 Å². The summed E-state index contributed by atoms with van der Waals surface area (Å²) in [6.45, 7) is -0.447. The summed E-state index contributed by atoms with van der Waals surface area (Å²) < 4.78 is 0. The van der Waals surface area contributed by atoms with Gasteiger partial charge in [-0.25, -0.2) is 0 Å². The average Bonchev–Trinajstić information content (AvgIpc) is 2.35. The fourth-order valence-corrected chi connectivity index (χ4v) is 1.52. The van der Waals surface area contributed by atoms with Gasteiger partial charge in [0.1, 0.15) is 6.10 Å². The molecule has 0 aliphatic carbocycles. The average molecular weight is 330 g/mol. The van der Waals surface area contributed by atoms with E-state index in [4.69, 9.17) is 34.0 Å². The van der Waals surface area contributed by atoms with Crippen LogP contribution in [0.3, 0.4) is 0 Å². The van der Waals surface area contributed by atoms with Gasteiger partial charge in [0.05, 0.1) is 12.6 Å². The van der Waals surface area contributed by atoms with Crippen LogP contribution < -0.4 is 11.1 Å². The monoisotopic (exact) mass is 328 g/mol. The maximum Gasteiger partial charge on any atom is 0.253 e. The minimum Gasteiger partial charge on any atom is -0.399 e. The number of nitrogen functional groups attached to an aromatic ring is 1. The lowest BCUT2D eigenvalue weighted by Crippen LogP contribution is -2.44. The second-order valence-corrected chi connectivity index (χ2v) is 4.81. The molecule has 8 heteroatoms. The van der Waals surface area contributed by atoms with Gasteiger partial charge in [0.25, 0.3) is 5.91 Å². The van der Waals surface area contributed by atoms with Gasteiger partial charge in [-0.1, -0.05) is 35.3 Å². The predicted octanol–water partition coefficient (Wildman–Crippen LogP) is 1.00. The van der Waals surface area contributed by atoms with Crippen LogP contribution in [-0.2, 0) is 4.79 Å². The zero-order chi connectivity index (χ0) is 13.7. The number of aliphatic hydroxyl groups is 2. The summed E-state index contributed by atoms with van der Waals surface area (Å²) in [4.78, 5) is 10.0. The molecule has 5 nitrogen and oxygen atoms in total. The van der Waals surface area contributed by atoms with E-state index in [1.54, 1.807) is 24.3 Å². The molecule has 0 saturated carbocycles. The number of alkyl halides is 2. The summed E-state index contributed by atoms with van der Waals surface area (Å²) in [5.74, 6) is -0.674. The molecule has 0 aliphatic heterocycles. The van der Waals surface area contributed by atoms with Gasteiger partial charge in [-0.2, -0.15) is 0 Å². The van der Waals surface area contributed by atoms with Crippen molar-refractivity contribution < 1.29 is 15.0 Å². The van der Waals surface area contributed by atoms with Crippen molar-refractivity contribution in [1.29, 1.82) is 0 Å². The van der Waals surface area contributed by atoms with Crippen LogP contribution in [-0.4, -0.2) is 33.6 Å². The molecule has 0 saturated heterocycles. The molecule has 0 fully saturated rings. The molecule has 0 aliphatic rings. The molecule has 1 aromatic carbocycles. The number of nitrogens with one attached hydrogen (secondary N) is 1. The first-order valence-corrected chi connectivity index (χ1v) is 6.06. The van der Waals surface area contributed by atoms with Crippen molar-refractivity contribution in [2.45, 2.75) is 17.0 Å². The number of halogens is 3. The van der Waals surface area contributed by atoms with E-state index in [0.717, 1.165) is 0 Å². The number of nitrogens with two attached hydrogens (primary N) is 1. The summed E-state index contributed by atoms with van der Waals surface area (Å²) >= 11 is 10.7. The molecular formula is C11H15Cl3N2O3. The maximum atomic E-state index is 11.3. The van der Waals surface area contributed by atoms with Crippen molar-refractivity contribution in [1.82, 2.24) is 5.32 Å². The number of carbonyl (C=O) groups excluding carboxylic acids is 1. The molecule has 1 aromatic rings. The molecule has 108 valence electrons. The van der Waals surface area contributed by atoms with E-state index >= 15 is 0 Å². The Morgan fingerprint density at radius 3 is 2.26 bits per heavy atom. The summed E-state index contributed by atoms with van der Waals surface area (Å²) in [5, 5.41) is 21.5. The normalized spacial score (nSPS) is 13.5. The van der Waals surface area contributed by atoms with Crippen LogP contribution in [0.25, 0.3) is 0 Å². The third-order valence-electron chi connectivity index (χ3n) is 2.38. The minimum atomic E-state index is -1.25. The lowest BCUT2D eigenvalue weighted by molar-refractivity contribution is -0.121. The van der Waals surface area contributed by atoms with Crippen molar-refractivity contribution in [2.24, 2.45) is 0 Å². The maximum absolute atomic E-state index is 11.3. The SMILES string of the molecule is Cl.Nc1ccc([C@@H](O)[C@@H](CO)NC(=O)C(Cl)Cl)cc1. The summed E-state index contributed by atoms with van der Waals surface area (Å²) in [6, 6.07) is 5.55. The fraction of sp³-hybridized carbons (Fsp3) is 0.364. The molecular weight excluding hydrogens is 314 g/mol. The summed E-state index contributed by atoms with van der Waals surface area (Å²) in [5.41, 5.74) is 6.59. The Hall–Kier alpha value is -0.720. The standard InChI is InChI=1S/C11H14Cl2N2O3.ClH/c12-10(13)11(18)15-8(5-16)9(17)6-1-3-7(14)4-2-6;/h1-4,8-10,16-17H,5,14H2,(H,15,18);1H/t8-,9-;/m1./s1. The van der Waals surface area contributed by atoms with E-state index in [1.807, 2.05) is 0 Å². The van der Waals surface area contributed by atoms with Crippen LogP contribution in [0.2, 0.25) is 0 Å². The van der Waals surface area contributed by atoms with Gasteiger partial charge < -0.3 is 21.3 Å². The second kappa shape index (κ2) is 8.45. The van der Waals surface area contributed by atoms with Gasteiger partial charge in [0, 0.05) is 5.69 Å². The van der Waals surface area contributed by atoms with E-state index < -0.39 is 29.5 Å². The molecule has 0 radical (unpaired) electrons. The van der Waals surface area contributed by atoms with Gasteiger partial charge in [-0.15, -0.1) is 12.4 Å². The summed E-state index contributed by atoms with van der Waals surface area (Å²) in [7, 11) is 0. The second-order valence-electron chi connectivity index (χ2n) is 3.71. The van der Waals surface area contributed by atoms with Crippen LogP contribution in [0.15, 0.2) is 24.3 Å². The highest BCUT2D eigenvalue weighted by molar-refractivity contribution is 6.53. The zero-order valence-electron chi connectivity index (χ0n) is 9.79. The van der Waals surface area contributed by atoms with Crippen LogP contribution in [0.5, 0.6) is 0 Å². The van der Waals surface area contributed by atoms with E-state index in [0.29, 0.717) is 11.3 Å². The number of carbonyl (C=O) groups is 1. The van der Waals surface area contributed by atoms with Gasteiger partial charge in [-0.3, -0.25) is 4.79 Å². The number of amides is 1. The van der Waals surface area contributed by atoms with Crippen molar-refractivity contribution in [3.8, 4) is 0 Å². The molecule has 0 spiro atoms. The summed E-state index contributed by atoms with van der Waals surface area (Å²) in [6.07, 6.45) is -1.08. The highest BCUT2D eigenvalue weighted by atomic mass is 35.5. The van der Waals surface area contributed by atoms with Crippen LogP contribution >= 0.6 is 35.6 Å². The zero-order valence-corrected chi connectivity index (χ0v) is 12.1. The molecule has 0 heterocycles. The number of benzene rings is 1. The number of aliphatic hydroxyl groups excluding tert-OH is 2. The predicted molar refractivity (Wildman–Crippen MR) is 77.6 cm³/mol. The fourth-order valence-electron chi connectivity index (χ4n) is 1.40. The molecule has 5 N–H and O–H groups in total. The Balaban J connectivity index is 0.00000324. The number of hydrogen-bond donors (Lipinski definition) is 4. The Kier molecular flexibility index (Phi) is 8.13. The first-order chi connectivity index (χ1) is 8.45. The van der Waals surface area contributed by atoms with E-state index in [9.17, 15) is 9.90 Å². The molecule has 19 heavy (non-hydrogen) atoms. The van der Waals surface area contributed by atoms with Gasteiger partial charge in [0.2, 0.25) is 0 Å². The molecule has 0 bridgehead atoms. The number of rotatable bonds is 5. The smallest absolute Gasteiger partial charge is 0.253 e. The van der Waals surface area contributed by atoms with E-state index in [1.165, 1.54) is 0 Å². The minimum absolute atomic E-state index is 0. The Labute approximate surface area is 127 Å². The first-order valence-electron chi connectivity index (χ1n) is 5.18. The number of hydrogen-bond acceptors (Lipinski definition) is 4. The van der Waals surface area contributed by atoms with Gasteiger partial charge >= 0.3 is 0 Å². The Morgan fingerprint density at radius 1 is 1.32 bits per heavy atom. The Morgan fingerprint density at radius 2 is 1.84 bits per heavy atom.